The van der Waals surface area contributed by atoms with Crippen molar-refractivity contribution in [1.29, 1.82) is 0 Å². The van der Waals surface area contributed by atoms with Crippen molar-refractivity contribution in [3.05, 3.63) is 125 Å². The first-order valence-corrected chi connectivity index (χ1v) is 14.1. The molecule has 6 nitrogen and oxygen atoms in total. The topological polar surface area (TPSA) is 68.2 Å². The fourth-order valence-corrected chi connectivity index (χ4v) is 4.84. The van der Waals surface area contributed by atoms with Crippen molar-refractivity contribution in [2.45, 2.75) is 31.5 Å². The van der Waals surface area contributed by atoms with Crippen LogP contribution in [-0.2, 0) is 9.53 Å². The van der Waals surface area contributed by atoms with Gasteiger partial charge < -0.3 is 24.2 Å². The van der Waals surface area contributed by atoms with Crippen molar-refractivity contribution in [2.75, 3.05) is 26.7 Å². The van der Waals surface area contributed by atoms with E-state index >= 15 is 0 Å². The summed E-state index contributed by atoms with van der Waals surface area (Å²) in [5.41, 5.74) is 3.14. The van der Waals surface area contributed by atoms with Gasteiger partial charge in [-0.3, -0.25) is 0 Å². The van der Waals surface area contributed by atoms with E-state index in [0.717, 1.165) is 66.7 Å². The van der Waals surface area contributed by atoms with Crippen molar-refractivity contribution in [3.8, 4) is 11.5 Å². The molecule has 3 aromatic carbocycles. The highest BCUT2D eigenvalue weighted by atomic mass is 35.5. The number of benzene rings is 3. The number of ether oxygens (including phenoxy) is 3. The molecule has 1 N–H and O–H groups in total. The molecule has 0 spiro atoms. The van der Waals surface area contributed by atoms with Crippen LogP contribution in [0.3, 0.4) is 0 Å². The van der Waals surface area contributed by atoms with Crippen LogP contribution in [0.25, 0.3) is 6.08 Å². The van der Waals surface area contributed by atoms with Gasteiger partial charge in [0.05, 0.1) is 19.5 Å². The Morgan fingerprint density at radius 2 is 1.73 bits per heavy atom. The smallest absolute Gasteiger partial charge is 0.328 e. The first-order chi connectivity index (χ1) is 20.0. The molecule has 0 bridgehead atoms. The molecule has 0 aromatic heterocycles. The van der Waals surface area contributed by atoms with E-state index in [1.54, 1.807) is 25.5 Å². The number of carboxylic acid groups (broad SMARTS) is 1. The highest BCUT2D eigenvalue weighted by molar-refractivity contribution is 6.30. The van der Waals surface area contributed by atoms with Crippen LogP contribution in [0.4, 0.5) is 0 Å². The fraction of sp³-hybridized carbons (Fsp3) is 0.265. The number of piperidine rings is 1. The van der Waals surface area contributed by atoms with Crippen LogP contribution < -0.4 is 9.47 Å². The number of aliphatic carboxylic acids is 1. The second-order valence-electron chi connectivity index (χ2n) is 9.76. The maximum Gasteiger partial charge on any atom is 0.328 e. The zero-order valence-corrected chi connectivity index (χ0v) is 24.0. The third-order valence-electron chi connectivity index (χ3n) is 6.87. The van der Waals surface area contributed by atoms with Gasteiger partial charge in [-0.05, 0) is 66.3 Å². The molecule has 0 amide bonds. The van der Waals surface area contributed by atoms with Crippen LogP contribution in [0.5, 0.6) is 11.5 Å². The molecule has 4 rings (SSSR count). The molecule has 1 heterocycles. The number of halogens is 1. The number of hydrogen-bond donors (Lipinski definition) is 1. The molecule has 7 heteroatoms. The third-order valence-corrected chi connectivity index (χ3v) is 7.12. The largest absolute Gasteiger partial charge is 0.493 e. The van der Waals surface area contributed by atoms with E-state index in [9.17, 15) is 4.79 Å². The number of nitrogens with zero attached hydrogens (tertiary/aromatic N) is 1. The number of methoxy groups -OCH3 is 1. The average Bonchev–Trinajstić information content (AvgIpc) is 3.00. The second-order valence-corrected chi connectivity index (χ2v) is 10.2. The Kier molecular flexibility index (Phi) is 11.6. The average molecular weight is 574 g/mol. The van der Waals surface area contributed by atoms with E-state index < -0.39 is 5.97 Å². The van der Waals surface area contributed by atoms with Crippen molar-refractivity contribution < 1.29 is 24.1 Å². The predicted octanol–water partition coefficient (Wildman–Crippen LogP) is 7.56. The standard InChI is InChI=1S/C34H36ClNO5/c1-39-32-25-26(9-5-6-12-33(37)38)13-18-31(32)40-24-8-7-21-36-22-19-30(20-23-36)41-34(27-10-3-2-4-11-27)28-14-16-29(35)17-15-28/h2-6,8-18,24-25,30,34H,7,19-23H2,1H3,(H,37,38)/b9-5?,12-6?,24-8+. The van der Waals surface area contributed by atoms with Gasteiger partial charge in [-0.25, -0.2) is 4.79 Å². The maximum atomic E-state index is 10.6. The van der Waals surface area contributed by atoms with Gasteiger partial charge in [0, 0.05) is 30.7 Å². The van der Waals surface area contributed by atoms with E-state index in [-0.39, 0.29) is 12.2 Å². The zero-order valence-electron chi connectivity index (χ0n) is 23.2. The Morgan fingerprint density at radius 3 is 2.44 bits per heavy atom. The summed E-state index contributed by atoms with van der Waals surface area (Å²) in [4.78, 5) is 13.0. The molecule has 0 aliphatic carbocycles. The summed E-state index contributed by atoms with van der Waals surface area (Å²) in [6.45, 7) is 2.94. The summed E-state index contributed by atoms with van der Waals surface area (Å²) < 4.78 is 17.9. The molecule has 1 fully saturated rings. The minimum absolute atomic E-state index is 0.110. The van der Waals surface area contributed by atoms with Gasteiger partial charge in [0.2, 0.25) is 0 Å². The molecule has 1 unspecified atom stereocenters. The number of hydrogen-bond acceptors (Lipinski definition) is 5. The Balaban J connectivity index is 1.22. The second kappa shape index (κ2) is 15.8. The van der Waals surface area contributed by atoms with Crippen LogP contribution in [-0.4, -0.2) is 48.8 Å². The molecule has 1 saturated heterocycles. The lowest BCUT2D eigenvalue weighted by Gasteiger charge is -2.34. The van der Waals surface area contributed by atoms with Crippen LogP contribution in [0.15, 0.2) is 103 Å². The van der Waals surface area contributed by atoms with Crippen LogP contribution in [0.2, 0.25) is 5.02 Å². The summed E-state index contributed by atoms with van der Waals surface area (Å²) in [6.07, 6.45) is 12.7. The Morgan fingerprint density at radius 1 is 1.00 bits per heavy atom. The molecular weight excluding hydrogens is 538 g/mol. The third kappa shape index (κ3) is 9.64. The number of carbonyl (C=O) groups is 1. The predicted molar refractivity (Wildman–Crippen MR) is 163 cm³/mol. The van der Waals surface area contributed by atoms with Gasteiger partial charge in [0.1, 0.15) is 6.10 Å². The lowest BCUT2D eigenvalue weighted by atomic mass is 10.00. The van der Waals surface area contributed by atoms with E-state index in [4.69, 9.17) is 30.9 Å². The quantitative estimate of drug-likeness (QED) is 0.129. The van der Waals surface area contributed by atoms with Gasteiger partial charge in [0.25, 0.3) is 0 Å². The molecule has 1 atom stereocenters. The van der Waals surface area contributed by atoms with Crippen LogP contribution in [0, 0.1) is 0 Å². The summed E-state index contributed by atoms with van der Waals surface area (Å²) in [5, 5.41) is 9.39. The number of allylic oxidation sites excluding steroid dienone is 2. The number of rotatable bonds is 13. The minimum atomic E-state index is -0.983. The zero-order chi connectivity index (χ0) is 28.9. The maximum absolute atomic E-state index is 10.6. The molecule has 0 saturated carbocycles. The Bertz CT molecular complexity index is 1330. The Hall–Kier alpha value is -3.84. The normalized spacial score (nSPS) is 15.6. The fourth-order valence-electron chi connectivity index (χ4n) is 4.71. The summed E-state index contributed by atoms with van der Waals surface area (Å²) >= 11 is 6.13. The number of carboxylic acids is 1. The molecular formula is C34H36ClNO5. The summed E-state index contributed by atoms with van der Waals surface area (Å²) in [5.74, 6) is 0.241. The van der Waals surface area contributed by atoms with E-state index in [1.165, 1.54) is 6.08 Å². The van der Waals surface area contributed by atoms with E-state index in [0.29, 0.717) is 11.5 Å². The van der Waals surface area contributed by atoms with Gasteiger partial charge >= 0.3 is 5.97 Å². The lowest BCUT2D eigenvalue weighted by molar-refractivity contribution is -0.131. The molecule has 0 radical (unpaired) electrons. The molecule has 1 aliphatic heterocycles. The van der Waals surface area contributed by atoms with E-state index in [2.05, 4.69) is 29.2 Å². The highest BCUT2D eigenvalue weighted by Gasteiger charge is 2.24. The van der Waals surface area contributed by atoms with Gasteiger partial charge in [-0.1, -0.05) is 78.4 Å². The first-order valence-electron chi connectivity index (χ1n) is 13.8. The minimum Gasteiger partial charge on any atom is -0.493 e. The first kappa shape index (κ1) is 30.1. The molecule has 3 aromatic rings. The number of likely N-dealkylation sites (tertiary alicyclic amines) is 1. The lowest BCUT2D eigenvalue weighted by Crippen LogP contribution is -2.38. The van der Waals surface area contributed by atoms with Crippen LogP contribution in [0.1, 0.15) is 42.1 Å². The highest BCUT2D eigenvalue weighted by Crippen LogP contribution is 2.31. The summed E-state index contributed by atoms with van der Waals surface area (Å²) in [7, 11) is 1.59. The van der Waals surface area contributed by atoms with Gasteiger partial charge in [-0.2, -0.15) is 0 Å². The van der Waals surface area contributed by atoms with Gasteiger partial charge in [0.15, 0.2) is 11.5 Å². The van der Waals surface area contributed by atoms with Crippen molar-refractivity contribution >= 4 is 23.6 Å². The summed E-state index contributed by atoms with van der Waals surface area (Å²) in [6, 6.07) is 23.9. The molecule has 41 heavy (non-hydrogen) atoms. The van der Waals surface area contributed by atoms with Crippen molar-refractivity contribution in [1.82, 2.24) is 4.90 Å². The van der Waals surface area contributed by atoms with Crippen LogP contribution >= 0.6 is 11.6 Å². The van der Waals surface area contributed by atoms with Crippen molar-refractivity contribution in [3.63, 3.8) is 0 Å². The SMILES string of the molecule is COc1cc(C=CC=CC(=O)O)ccc1O/C=C/CCN1CCC(OC(c2ccccc2)c2ccc(Cl)cc2)CC1. The monoisotopic (exact) mass is 573 g/mol. The van der Waals surface area contributed by atoms with Crippen molar-refractivity contribution in [2.24, 2.45) is 0 Å². The molecule has 1 aliphatic rings. The molecule has 214 valence electrons. The van der Waals surface area contributed by atoms with Gasteiger partial charge in [-0.15, -0.1) is 0 Å². The van der Waals surface area contributed by atoms with E-state index in [1.807, 2.05) is 54.6 Å². The Labute approximate surface area is 247 Å².